The molecular weight excluding hydrogens is 267 g/mol. The maximum Gasteiger partial charge on any atom is 0.127 e. The average molecular weight is 294 g/mol. The number of benzene rings is 1. The third-order valence-electron chi connectivity index (χ3n) is 4.16. The Morgan fingerprint density at radius 3 is 2.86 bits per heavy atom. The lowest BCUT2D eigenvalue weighted by Crippen LogP contribution is -2.48. The fourth-order valence-electron chi connectivity index (χ4n) is 3.17. The third-order valence-corrected chi connectivity index (χ3v) is 4.16. The smallest absolute Gasteiger partial charge is 0.127 e. The Hall–Kier alpha value is -0.970. The molecule has 1 N–H and O–H groups in total. The Morgan fingerprint density at radius 2 is 2.19 bits per heavy atom. The minimum atomic E-state index is -0.120. The maximum atomic E-state index is 13.8. The van der Waals surface area contributed by atoms with Gasteiger partial charge in [-0.1, -0.05) is 25.1 Å². The Morgan fingerprint density at radius 1 is 1.38 bits per heavy atom. The molecule has 1 unspecified atom stereocenters. The minimum absolute atomic E-state index is 0.120. The molecule has 4 heteroatoms. The van der Waals surface area contributed by atoms with Gasteiger partial charge in [-0.15, -0.1) is 0 Å². The van der Waals surface area contributed by atoms with Crippen molar-refractivity contribution in [2.24, 2.45) is 5.41 Å². The molecule has 2 rings (SSSR count). The number of ether oxygens (including phenoxy) is 1. The zero-order chi connectivity index (χ0) is 15.1. The van der Waals surface area contributed by atoms with E-state index in [1.54, 1.807) is 6.07 Å². The average Bonchev–Trinajstić information content (AvgIpc) is 2.48. The lowest BCUT2D eigenvalue weighted by atomic mass is 9.81. The second-order valence-electron chi connectivity index (χ2n) is 6.20. The van der Waals surface area contributed by atoms with Crippen molar-refractivity contribution in [3.8, 4) is 0 Å². The highest BCUT2D eigenvalue weighted by Crippen LogP contribution is 2.29. The SMILES string of the molecule is CCNCC1(CN(C)Cc2ccccc2F)CCCOC1. The van der Waals surface area contributed by atoms with Crippen molar-refractivity contribution in [3.05, 3.63) is 35.6 Å². The van der Waals surface area contributed by atoms with Gasteiger partial charge in [-0.3, -0.25) is 0 Å². The first-order valence-corrected chi connectivity index (χ1v) is 7.86. The van der Waals surface area contributed by atoms with Crippen LogP contribution in [0.3, 0.4) is 0 Å². The van der Waals surface area contributed by atoms with Gasteiger partial charge in [0.1, 0.15) is 5.82 Å². The van der Waals surface area contributed by atoms with E-state index in [1.807, 2.05) is 12.1 Å². The molecule has 1 heterocycles. The summed E-state index contributed by atoms with van der Waals surface area (Å²) in [4.78, 5) is 2.21. The van der Waals surface area contributed by atoms with Gasteiger partial charge in [-0.2, -0.15) is 0 Å². The van der Waals surface area contributed by atoms with Crippen LogP contribution in [0.15, 0.2) is 24.3 Å². The highest BCUT2D eigenvalue weighted by molar-refractivity contribution is 5.17. The Labute approximate surface area is 127 Å². The second-order valence-corrected chi connectivity index (χ2v) is 6.20. The number of nitrogens with zero attached hydrogens (tertiary/aromatic N) is 1. The summed E-state index contributed by atoms with van der Waals surface area (Å²) in [6, 6.07) is 7.02. The van der Waals surface area contributed by atoms with Crippen molar-refractivity contribution in [2.75, 3.05) is 39.9 Å². The lowest BCUT2D eigenvalue weighted by Gasteiger charge is -2.40. The maximum absolute atomic E-state index is 13.8. The van der Waals surface area contributed by atoms with E-state index in [9.17, 15) is 4.39 Å². The van der Waals surface area contributed by atoms with Crippen LogP contribution in [0.2, 0.25) is 0 Å². The highest BCUT2D eigenvalue weighted by Gasteiger charge is 2.33. The molecule has 0 bridgehead atoms. The van der Waals surface area contributed by atoms with Crippen LogP contribution in [0.1, 0.15) is 25.3 Å². The number of rotatable bonds is 7. The van der Waals surface area contributed by atoms with Crippen LogP contribution in [-0.2, 0) is 11.3 Å². The largest absolute Gasteiger partial charge is 0.381 e. The van der Waals surface area contributed by atoms with Crippen LogP contribution >= 0.6 is 0 Å². The van der Waals surface area contributed by atoms with Crippen molar-refractivity contribution < 1.29 is 9.13 Å². The first kappa shape index (κ1) is 16.4. The molecule has 0 spiro atoms. The van der Waals surface area contributed by atoms with Crippen molar-refractivity contribution in [1.29, 1.82) is 0 Å². The number of hydrogen-bond acceptors (Lipinski definition) is 3. The molecule has 3 nitrogen and oxygen atoms in total. The van der Waals surface area contributed by atoms with Gasteiger partial charge < -0.3 is 15.0 Å². The molecule has 1 aliphatic heterocycles. The molecule has 1 aromatic carbocycles. The zero-order valence-electron chi connectivity index (χ0n) is 13.2. The molecule has 1 aliphatic rings. The van der Waals surface area contributed by atoms with Gasteiger partial charge in [-0.05, 0) is 32.5 Å². The zero-order valence-corrected chi connectivity index (χ0v) is 13.2. The second kappa shape index (κ2) is 7.87. The van der Waals surface area contributed by atoms with Crippen LogP contribution in [0.25, 0.3) is 0 Å². The highest BCUT2D eigenvalue weighted by atomic mass is 19.1. The van der Waals surface area contributed by atoms with E-state index >= 15 is 0 Å². The van der Waals surface area contributed by atoms with Crippen LogP contribution in [-0.4, -0.2) is 44.8 Å². The van der Waals surface area contributed by atoms with E-state index < -0.39 is 0 Å². The van der Waals surface area contributed by atoms with E-state index in [0.717, 1.165) is 44.8 Å². The van der Waals surface area contributed by atoms with E-state index in [1.165, 1.54) is 12.5 Å². The van der Waals surface area contributed by atoms with E-state index in [4.69, 9.17) is 4.74 Å². The van der Waals surface area contributed by atoms with Crippen molar-refractivity contribution in [2.45, 2.75) is 26.3 Å². The van der Waals surface area contributed by atoms with Crippen molar-refractivity contribution >= 4 is 0 Å². The molecule has 1 aromatic rings. The number of nitrogens with one attached hydrogen (secondary N) is 1. The molecule has 1 atom stereocenters. The standard InChI is InChI=1S/C17H27FN2O/c1-3-19-12-17(9-6-10-21-14-17)13-20(2)11-15-7-4-5-8-16(15)18/h4-5,7-8,19H,3,6,9-14H2,1-2H3. The van der Waals surface area contributed by atoms with E-state index in [2.05, 4.69) is 24.2 Å². The summed E-state index contributed by atoms with van der Waals surface area (Å²) in [5.74, 6) is -0.120. The van der Waals surface area contributed by atoms with E-state index in [-0.39, 0.29) is 11.2 Å². The van der Waals surface area contributed by atoms with Gasteiger partial charge in [-0.25, -0.2) is 4.39 Å². The third kappa shape index (κ3) is 4.77. The lowest BCUT2D eigenvalue weighted by molar-refractivity contribution is -0.0235. The van der Waals surface area contributed by atoms with Crippen LogP contribution < -0.4 is 5.32 Å². The first-order chi connectivity index (χ1) is 10.2. The normalized spacial score (nSPS) is 22.7. The molecule has 21 heavy (non-hydrogen) atoms. The number of halogens is 1. The summed E-state index contributed by atoms with van der Waals surface area (Å²) in [6.07, 6.45) is 2.28. The fraction of sp³-hybridized carbons (Fsp3) is 0.647. The van der Waals surface area contributed by atoms with E-state index in [0.29, 0.717) is 6.54 Å². The molecule has 0 aliphatic carbocycles. The van der Waals surface area contributed by atoms with Crippen molar-refractivity contribution in [1.82, 2.24) is 10.2 Å². The Kier molecular flexibility index (Phi) is 6.15. The molecule has 1 fully saturated rings. The van der Waals surface area contributed by atoms with Gasteiger partial charge >= 0.3 is 0 Å². The molecule has 0 amide bonds. The Balaban J connectivity index is 1.97. The quantitative estimate of drug-likeness (QED) is 0.837. The van der Waals surface area contributed by atoms with Gasteiger partial charge in [0.25, 0.3) is 0 Å². The number of hydrogen-bond donors (Lipinski definition) is 1. The minimum Gasteiger partial charge on any atom is -0.381 e. The van der Waals surface area contributed by atoms with Crippen LogP contribution in [0.5, 0.6) is 0 Å². The summed E-state index contributed by atoms with van der Waals surface area (Å²) in [7, 11) is 2.06. The fourth-order valence-corrected chi connectivity index (χ4v) is 3.17. The Bertz CT molecular complexity index is 433. The summed E-state index contributed by atoms with van der Waals surface area (Å²) in [6.45, 7) is 7.28. The van der Waals surface area contributed by atoms with Crippen LogP contribution in [0, 0.1) is 11.2 Å². The molecular formula is C17H27FN2O. The summed E-state index contributed by atoms with van der Waals surface area (Å²) >= 11 is 0. The molecule has 118 valence electrons. The van der Waals surface area contributed by atoms with Gasteiger partial charge in [0.05, 0.1) is 6.61 Å². The summed E-state index contributed by atoms with van der Waals surface area (Å²) in [5, 5.41) is 3.46. The van der Waals surface area contributed by atoms with Crippen LogP contribution in [0.4, 0.5) is 4.39 Å². The van der Waals surface area contributed by atoms with Gasteiger partial charge in [0.2, 0.25) is 0 Å². The van der Waals surface area contributed by atoms with Crippen molar-refractivity contribution in [3.63, 3.8) is 0 Å². The predicted octanol–water partition coefficient (Wildman–Crippen LogP) is 2.66. The first-order valence-electron chi connectivity index (χ1n) is 7.86. The molecule has 0 aromatic heterocycles. The molecule has 0 radical (unpaired) electrons. The molecule has 0 saturated carbocycles. The van der Waals surface area contributed by atoms with Gasteiger partial charge in [0, 0.05) is 37.2 Å². The monoisotopic (exact) mass is 294 g/mol. The summed E-state index contributed by atoms with van der Waals surface area (Å²) < 4.78 is 19.5. The predicted molar refractivity (Wildman–Crippen MR) is 83.8 cm³/mol. The summed E-state index contributed by atoms with van der Waals surface area (Å²) in [5.41, 5.74) is 0.907. The van der Waals surface area contributed by atoms with Gasteiger partial charge in [0.15, 0.2) is 0 Å². The molecule has 1 saturated heterocycles. The topological polar surface area (TPSA) is 24.5 Å².